The molecule has 2 aliphatic heterocycles. The predicted molar refractivity (Wildman–Crippen MR) is 85.1 cm³/mol. The maximum absolute atomic E-state index is 13.2. The van der Waals surface area contributed by atoms with Crippen molar-refractivity contribution in [3.05, 3.63) is 11.4 Å². The first-order valence-corrected chi connectivity index (χ1v) is 10.2. The van der Waals surface area contributed by atoms with Crippen LogP contribution >= 0.6 is 11.8 Å². The van der Waals surface area contributed by atoms with Gasteiger partial charge in [-0.15, -0.1) is 0 Å². The summed E-state index contributed by atoms with van der Waals surface area (Å²) in [4.78, 5) is 0.421. The maximum atomic E-state index is 13.2. The van der Waals surface area contributed by atoms with E-state index >= 15 is 0 Å². The van der Waals surface area contributed by atoms with Gasteiger partial charge in [-0.1, -0.05) is 0 Å². The van der Waals surface area contributed by atoms with E-state index in [0.717, 1.165) is 31.4 Å². The van der Waals surface area contributed by atoms with Crippen LogP contribution in [0.25, 0.3) is 0 Å². The first kappa shape index (κ1) is 15.4. The van der Waals surface area contributed by atoms with Crippen LogP contribution in [-0.2, 0) is 17.1 Å². The van der Waals surface area contributed by atoms with Crippen LogP contribution in [0.15, 0.2) is 4.90 Å². The summed E-state index contributed by atoms with van der Waals surface area (Å²) in [5.74, 6) is 0. The van der Waals surface area contributed by atoms with E-state index in [1.54, 1.807) is 23.0 Å². The molecular weight excluding hydrogens is 306 g/mol. The van der Waals surface area contributed by atoms with Crippen molar-refractivity contribution < 1.29 is 8.42 Å². The van der Waals surface area contributed by atoms with E-state index in [2.05, 4.69) is 11.4 Å². The second-order valence-corrected chi connectivity index (χ2v) is 9.09. The molecule has 5 nitrogen and oxygen atoms in total. The van der Waals surface area contributed by atoms with E-state index in [4.69, 9.17) is 0 Å². The van der Waals surface area contributed by atoms with Gasteiger partial charge in [0.2, 0.25) is 10.0 Å². The molecule has 0 radical (unpaired) electrons. The summed E-state index contributed by atoms with van der Waals surface area (Å²) < 4.78 is 29.8. The number of fused-ring (bicyclic) bond motifs is 2. The zero-order valence-corrected chi connectivity index (χ0v) is 14.7. The van der Waals surface area contributed by atoms with Gasteiger partial charge >= 0.3 is 0 Å². The minimum atomic E-state index is -3.43. The van der Waals surface area contributed by atoms with Gasteiger partial charge in [0.25, 0.3) is 0 Å². The molecule has 0 spiro atoms. The van der Waals surface area contributed by atoms with Gasteiger partial charge in [-0.3, -0.25) is 4.68 Å². The van der Waals surface area contributed by atoms with E-state index in [9.17, 15) is 8.42 Å². The standard InChI is InChI=1S/C14H23N3O2S2/c1-9-14(10(2)16(3)15-9)21(18,19)17-11-5-6-12(17)8-13(7-11)20-4/h11-13H,5-8H2,1-4H3. The molecule has 1 aromatic heterocycles. The lowest BCUT2D eigenvalue weighted by molar-refractivity contribution is 0.253. The Bertz CT molecular complexity index is 639. The van der Waals surface area contributed by atoms with Crippen molar-refractivity contribution in [1.82, 2.24) is 14.1 Å². The van der Waals surface area contributed by atoms with Gasteiger partial charge in [0.05, 0.1) is 11.4 Å². The fraction of sp³-hybridized carbons (Fsp3) is 0.786. The molecule has 118 valence electrons. The van der Waals surface area contributed by atoms with Crippen LogP contribution in [0.4, 0.5) is 0 Å². The molecule has 2 saturated heterocycles. The quantitative estimate of drug-likeness (QED) is 0.852. The molecule has 0 aliphatic carbocycles. The van der Waals surface area contributed by atoms with E-state index < -0.39 is 10.0 Å². The van der Waals surface area contributed by atoms with E-state index in [1.807, 2.05) is 18.7 Å². The molecule has 21 heavy (non-hydrogen) atoms. The molecule has 2 atom stereocenters. The Balaban J connectivity index is 2.00. The zero-order valence-electron chi connectivity index (χ0n) is 13.0. The van der Waals surface area contributed by atoms with Gasteiger partial charge in [-0.25, -0.2) is 8.42 Å². The average Bonchev–Trinajstić information content (AvgIpc) is 2.84. The summed E-state index contributed by atoms with van der Waals surface area (Å²) in [6.45, 7) is 3.62. The highest BCUT2D eigenvalue weighted by atomic mass is 32.2. The van der Waals surface area contributed by atoms with Crippen LogP contribution in [0, 0.1) is 13.8 Å². The third-order valence-electron chi connectivity index (χ3n) is 4.93. The molecule has 3 rings (SSSR count). The Morgan fingerprint density at radius 2 is 1.76 bits per heavy atom. The summed E-state index contributed by atoms with van der Waals surface area (Å²) in [5, 5.41) is 4.88. The fourth-order valence-corrected chi connectivity index (χ4v) is 7.03. The Morgan fingerprint density at radius 1 is 1.19 bits per heavy atom. The van der Waals surface area contributed by atoms with Crippen molar-refractivity contribution in [3.63, 3.8) is 0 Å². The second kappa shape index (κ2) is 5.28. The molecule has 0 amide bonds. The molecule has 1 aromatic rings. The smallest absolute Gasteiger partial charge is 0.247 e. The number of aryl methyl sites for hydroxylation is 2. The van der Waals surface area contributed by atoms with Crippen molar-refractivity contribution >= 4 is 21.8 Å². The van der Waals surface area contributed by atoms with Crippen LogP contribution < -0.4 is 0 Å². The average molecular weight is 329 g/mol. The van der Waals surface area contributed by atoms with Gasteiger partial charge in [0, 0.05) is 24.4 Å². The Labute approximate surface area is 131 Å². The van der Waals surface area contributed by atoms with Crippen LogP contribution in [0.3, 0.4) is 0 Å². The SMILES string of the molecule is CSC1CC2CCC(C1)N2S(=O)(=O)c1c(C)nn(C)c1C. The highest BCUT2D eigenvalue weighted by Crippen LogP contribution is 2.43. The topological polar surface area (TPSA) is 55.2 Å². The summed E-state index contributed by atoms with van der Waals surface area (Å²) in [7, 11) is -1.63. The molecule has 7 heteroatoms. The lowest BCUT2D eigenvalue weighted by Crippen LogP contribution is -2.47. The van der Waals surface area contributed by atoms with Gasteiger partial charge in [-0.05, 0) is 45.8 Å². The zero-order chi connectivity index (χ0) is 15.4. The summed E-state index contributed by atoms with van der Waals surface area (Å²) in [6.07, 6.45) is 6.09. The number of hydrogen-bond acceptors (Lipinski definition) is 4. The fourth-order valence-electron chi connectivity index (χ4n) is 3.90. The number of nitrogens with zero attached hydrogens (tertiary/aromatic N) is 3. The summed E-state index contributed by atoms with van der Waals surface area (Å²) in [6, 6.07) is 0.343. The number of sulfonamides is 1. The van der Waals surface area contributed by atoms with Gasteiger partial charge in [0.15, 0.2) is 0 Å². The van der Waals surface area contributed by atoms with Crippen LogP contribution in [0.5, 0.6) is 0 Å². The second-order valence-electron chi connectivity index (χ2n) is 6.17. The van der Waals surface area contributed by atoms with Gasteiger partial charge in [0.1, 0.15) is 4.90 Å². The molecule has 2 unspecified atom stereocenters. The van der Waals surface area contributed by atoms with E-state index in [-0.39, 0.29) is 12.1 Å². The summed E-state index contributed by atoms with van der Waals surface area (Å²) >= 11 is 1.87. The first-order chi connectivity index (χ1) is 9.86. The van der Waals surface area contributed by atoms with Crippen molar-refractivity contribution in [1.29, 1.82) is 0 Å². The van der Waals surface area contributed by atoms with Gasteiger partial charge in [-0.2, -0.15) is 21.2 Å². The van der Waals surface area contributed by atoms with Crippen molar-refractivity contribution in [2.45, 2.75) is 61.8 Å². The highest BCUT2D eigenvalue weighted by Gasteiger charge is 2.48. The number of thioether (sulfide) groups is 1. The molecule has 2 bridgehead atoms. The van der Waals surface area contributed by atoms with Crippen molar-refractivity contribution in [2.24, 2.45) is 7.05 Å². The van der Waals surface area contributed by atoms with E-state index in [0.29, 0.717) is 15.8 Å². The number of rotatable bonds is 3. The molecule has 2 aliphatic rings. The minimum Gasteiger partial charge on any atom is -0.271 e. The monoisotopic (exact) mass is 329 g/mol. The van der Waals surface area contributed by atoms with Crippen molar-refractivity contribution in [2.75, 3.05) is 6.26 Å². The lowest BCUT2D eigenvalue weighted by Gasteiger charge is -2.37. The molecule has 0 aromatic carbocycles. The van der Waals surface area contributed by atoms with Crippen LogP contribution in [-0.4, -0.2) is 46.1 Å². The van der Waals surface area contributed by atoms with Crippen molar-refractivity contribution in [3.8, 4) is 0 Å². The number of hydrogen-bond donors (Lipinski definition) is 0. The largest absolute Gasteiger partial charge is 0.271 e. The lowest BCUT2D eigenvalue weighted by atomic mass is 10.1. The Morgan fingerprint density at radius 3 is 2.19 bits per heavy atom. The highest BCUT2D eigenvalue weighted by molar-refractivity contribution is 7.99. The van der Waals surface area contributed by atoms with E-state index in [1.165, 1.54) is 0 Å². The number of aromatic nitrogens is 2. The third-order valence-corrected chi connectivity index (χ3v) is 8.24. The first-order valence-electron chi connectivity index (χ1n) is 7.42. The Kier molecular flexibility index (Phi) is 3.86. The summed E-state index contributed by atoms with van der Waals surface area (Å²) in [5.41, 5.74) is 1.35. The minimum absolute atomic E-state index is 0.171. The Hall–Kier alpha value is -0.530. The number of piperidine rings is 1. The predicted octanol–water partition coefficient (Wildman–Crippen LogP) is 2.08. The molecule has 0 N–H and O–H groups in total. The van der Waals surface area contributed by atoms with Gasteiger partial charge < -0.3 is 0 Å². The molecular formula is C14H23N3O2S2. The molecule has 3 heterocycles. The normalized spacial score (nSPS) is 30.0. The van der Waals surface area contributed by atoms with Crippen LogP contribution in [0.2, 0.25) is 0 Å². The maximum Gasteiger partial charge on any atom is 0.247 e. The third kappa shape index (κ3) is 2.33. The molecule has 0 saturated carbocycles. The molecule has 2 fully saturated rings. The van der Waals surface area contributed by atoms with Crippen LogP contribution in [0.1, 0.15) is 37.1 Å².